The van der Waals surface area contributed by atoms with Crippen LogP contribution in [0.5, 0.6) is 11.5 Å². The predicted molar refractivity (Wildman–Crippen MR) is 96.4 cm³/mol. The van der Waals surface area contributed by atoms with Gasteiger partial charge in [0.15, 0.2) is 0 Å². The highest BCUT2D eigenvalue weighted by atomic mass is 16.6. The number of aromatic nitrogens is 3. The summed E-state index contributed by atoms with van der Waals surface area (Å²) in [5.74, 6) is 0.0664. The summed E-state index contributed by atoms with van der Waals surface area (Å²) in [4.78, 5) is 12.9. The number of fused-ring (bicyclic) bond motifs is 1. The number of hydrogen-bond donors (Lipinski definition) is 1. The van der Waals surface area contributed by atoms with Gasteiger partial charge in [-0.25, -0.2) is 4.79 Å². The lowest BCUT2D eigenvalue weighted by Gasteiger charge is -2.15. The normalized spacial score (nSPS) is 11.9. The minimum atomic E-state index is -0.458. The Hall–Kier alpha value is -3.35. The van der Waals surface area contributed by atoms with Crippen LogP contribution in [-0.2, 0) is 9.53 Å². The molecule has 3 rings (SSSR count). The summed E-state index contributed by atoms with van der Waals surface area (Å²) in [6.45, 7) is 7.02. The minimum Gasteiger partial charge on any atom is -0.506 e. The van der Waals surface area contributed by atoms with Crippen molar-refractivity contribution in [1.29, 1.82) is 0 Å². The Bertz CT molecular complexity index is 931. The zero-order chi connectivity index (χ0) is 18.7. The highest BCUT2D eigenvalue weighted by Crippen LogP contribution is 2.26. The average Bonchev–Trinajstić information content (AvgIpc) is 3.04. The molecular formula is C19H19N3O4. The number of ether oxygens (including phenoxy) is 2. The second kappa shape index (κ2) is 7.26. The van der Waals surface area contributed by atoms with Gasteiger partial charge in [-0.1, -0.05) is 18.7 Å². The van der Waals surface area contributed by atoms with E-state index in [1.165, 1.54) is 10.9 Å². The van der Waals surface area contributed by atoms with Crippen LogP contribution in [0.2, 0.25) is 0 Å². The van der Waals surface area contributed by atoms with Gasteiger partial charge in [0.25, 0.3) is 0 Å². The van der Waals surface area contributed by atoms with Crippen LogP contribution in [0.15, 0.2) is 54.6 Å². The summed E-state index contributed by atoms with van der Waals surface area (Å²) in [6, 6.07) is 12.2. The van der Waals surface area contributed by atoms with Gasteiger partial charge in [0.1, 0.15) is 40.9 Å². The van der Waals surface area contributed by atoms with E-state index in [0.717, 1.165) is 11.0 Å². The van der Waals surface area contributed by atoms with E-state index in [0.29, 0.717) is 17.0 Å². The molecule has 0 saturated heterocycles. The molecule has 7 heteroatoms. The molecule has 2 aromatic carbocycles. The van der Waals surface area contributed by atoms with Crippen molar-refractivity contribution in [2.24, 2.45) is 0 Å². The molecule has 0 bridgehead atoms. The number of hydrogen-bond acceptors (Lipinski definition) is 6. The molecule has 1 N–H and O–H groups in total. The molecule has 3 aromatic rings. The van der Waals surface area contributed by atoms with Gasteiger partial charge < -0.3 is 14.6 Å². The van der Waals surface area contributed by atoms with E-state index in [-0.39, 0.29) is 12.4 Å². The Morgan fingerprint density at radius 3 is 2.50 bits per heavy atom. The lowest BCUT2D eigenvalue weighted by molar-refractivity contribution is -0.144. The van der Waals surface area contributed by atoms with Gasteiger partial charge in [0.2, 0.25) is 0 Å². The number of esters is 1. The van der Waals surface area contributed by atoms with Crippen LogP contribution in [0.25, 0.3) is 16.7 Å². The first kappa shape index (κ1) is 17.5. The number of phenolic OH excluding ortho intramolecular Hbond substituents is 1. The molecule has 7 nitrogen and oxygen atoms in total. The maximum atomic E-state index is 11.5. The van der Waals surface area contributed by atoms with Crippen molar-refractivity contribution in [1.82, 2.24) is 15.0 Å². The lowest BCUT2D eigenvalue weighted by Crippen LogP contribution is -2.22. The summed E-state index contributed by atoms with van der Waals surface area (Å²) in [6.07, 6.45) is -0.443. The number of aromatic hydroxyl groups is 1. The zero-order valence-corrected chi connectivity index (χ0v) is 14.5. The van der Waals surface area contributed by atoms with Gasteiger partial charge >= 0.3 is 5.97 Å². The third-order valence-electron chi connectivity index (χ3n) is 3.59. The maximum absolute atomic E-state index is 11.5. The predicted octanol–water partition coefficient (Wildman–Crippen LogP) is 3.01. The Morgan fingerprint density at radius 1 is 1.23 bits per heavy atom. The topological polar surface area (TPSA) is 86.5 Å². The van der Waals surface area contributed by atoms with Gasteiger partial charge in [0, 0.05) is 11.6 Å². The van der Waals surface area contributed by atoms with Crippen LogP contribution in [-0.4, -0.2) is 38.8 Å². The van der Waals surface area contributed by atoms with Crippen molar-refractivity contribution in [2.75, 3.05) is 6.61 Å². The SMILES string of the molecule is C=C(C)C(=O)OC(C)COc1ccc(O)c(-n2nc3ccccc3n2)c1. The average molecular weight is 353 g/mol. The second-order valence-corrected chi connectivity index (χ2v) is 5.94. The molecule has 1 heterocycles. The lowest BCUT2D eigenvalue weighted by atomic mass is 10.3. The zero-order valence-electron chi connectivity index (χ0n) is 14.5. The highest BCUT2D eigenvalue weighted by Gasteiger charge is 2.13. The molecule has 0 saturated carbocycles. The summed E-state index contributed by atoms with van der Waals surface area (Å²) < 4.78 is 10.8. The van der Waals surface area contributed by atoms with Gasteiger partial charge in [-0.05, 0) is 38.1 Å². The fourth-order valence-corrected chi connectivity index (χ4v) is 2.25. The van der Waals surface area contributed by atoms with Crippen LogP contribution in [0.1, 0.15) is 13.8 Å². The van der Waals surface area contributed by atoms with E-state index in [1.807, 2.05) is 24.3 Å². The molecule has 0 radical (unpaired) electrons. The summed E-state index contributed by atoms with van der Waals surface area (Å²) in [5, 5.41) is 18.8. The quantitative estimate of drug-likeness (QED) is 0.541. The first-order chi connectivity index (χ1) is 12.4. The van der Waals surface area contributed by atoms with Crippen molar-refractivity contribution >= 4 is 17.0 Å². The van der Waals surface area contributed by atoms with E-state index in [4.69, 9.17) is 9.47 Å². The molecule has 1 unspecified atom stereocenters. The molecule has 0 aliphatic carbocycles. The smallest absolute Gasteiger partial charge is 0.333 e. The van der Waals surface area contributed by atoms with Crippen LogP contribution < -0.4 is 4.74 Å². The second-order valence-electron chi connectivity index (χ2n) is 5.94. The molecule has 0 fully saturated rings. The van der Waals surface area contributed by atoms with E-state index < -0.39 is 12.1 Å². The van der Waals surface area contributed by atoms with Gasteiger partial charge in [0.05, 0.1) is 0 Å². The minimum absolute atomic E-state index is 0.0272. The molecule has 1 atom stereocenters. The molecule has 0 spiro atoms. The number of carbonyl (C=O) groups is 1. The fourth-order valence-electron chi connectivity index (χ4n) is 2.25. The Morgan fingerprint density at radius 2 is 1.88 bits per heavy atom. The number of carbonyl (C=O) groups excluding carboxylic acids is 1. The molecule has 134 valence electrons. The Kier molecular flexibility index (Phi) is 4.88. The number of benzene rings is 2. The van der Waals surface area contributed by atoms with Gasteiger partial charge in [-0.3, -0.25) is 0 Å². The van der Waals surface area contributed by atoms with Gasteiger partial charge in [-0.2, -0.15) is 0 Å². The summed E-state index contributed by atoms with van der Waals surface area (Å²) >= 11 is 0. The van der Waals surface area contributed by atoms with E-state index >= 15 is 0 Å². The van der Waals surface area contributed by atoms with Crippen LogP contribution in [0.3, 0.4) is 0 Å². The third kappa shape index (κ3) is 3.83. The molecular weight excluding hydrogens is 334 g/mol. The van der Waals surface area contributed by atoms with E-state index in [2.05, 4.69) is 16.8 Å². The molecule has 1 aromatic heterocycles. The van der Waals surface area contributed by atoms with Crippen molar-refractivity contribution in [3.05, 3.63) is 54.6 Å². The Balaban J connectivity index is 1.75. The van der Waals surface area contributed by atoms with Crippen molar-refractivity contribution in [3.8, 4) is 17.2 Å². The van der Waals surface area contributed by atoms with Crippen LogP contribution in [0, 0.1) is 0 Å². The number of phenols is 1. The largest absolute Gasteiger partial charge is 0.506 e. The molecule has 26 heavy (non-hydrogen) atoms. The van der Waals surface area contributed by atoms with E-state index in [9.17, 15) is 9.90 Å². The monoisotopic (exact) mass is 353 g/mol. The molecule has 0 aliphatic rings. The summed E-state index contributed by atoms with van der Waals surface area (Å²) in [5.41, 5.74) is 2.17. The van der Waals surface area contributed by atoms with Crippen molar-refractivity contribution in [2.45, 2.75) is 20.0 Å². The van der Waals surface area contributed by atoms with Crippen molar-refractivity contribution in [3.63, 3.8) is 0 Å². The highest BCUT2D eigenvalue weighted by molar-refractivity contribution is 5.87. The standard InChI is InChI=1S/C19H19N3O4/c1-12(2)19(24)26-13(3)11-25-14-8-9-18(23)17(10-14)22-20-15-6-4-5-7-16(15)21-22/h4-10,13,23H,1,11H2,2-3H3. The van der Waals surface area contributed by atoms with Gasteiger partial charge in [-0.15, -0.1) is 15.0 Å². The first-order valence-corrected chi connectivity index (χ1v) is 8.09. The first-order valence-electron chi connectivity index (χ1n) is 8.09. The summed E-state index contributed by atoms with van der Waals surface area (Å²) in [7, 11) is 0. The van der Waals surface area contributed by atoms with Crippen molar-refractivity contribution < 1.29 is 19.4 Å². The third-order valence-corrected chi connectivity index (χ3v) is 3.59. The number of nitrogens with zero attached hydrogens (tertiary/aromatic N) is 3. The molecule has 0 aliphatic heterocycles. The fraction of sp³-hybridized carbons (Fsp3) is 0.211. The van der Waals surface area contributed by atoms with Crippen LogP contribution >= 0.6 is 0 Å². The van der Waals surface area contributed by atoms with Crippen LogP contribution in [0.4, 0.5) is 0 Å². The Labute approximate surface area is 150 Å². The number of rotatable bonds is 6. The maximum Gasteiger partial charge on any atom is 0.333 e. The van der Waals surface area contributed by atoms with E-state index in [1.54, 1.807) is 26.0 Å². The molecule has 0 amide bonds.